The minimum Gasteiger partial charge on any atom is -0.313 e. The third kappa shape index (κ3) is 3.95. The number of hydrogen-bond donors (Lipinski definition) is 1. The number of thioether (sulfide) groups is 1. The molecule has 0 bridgehead atoms. The van der Waals surface area contributed by atoms with Crippen LogP contribution in [-0.2, 0) is 0 Å². The molecule has 0 spiro atoms. The minimum atomic E-state index is 0.565. The summed E-state index contributed by atoms with van der Waals surface area (Å²) >= 11 is 1.78. The maximum Gasteiger partial charge on any atom is 0.209 e. The molecule has 1 saturated carbocycles. The maximum absolute atomic E-state index is 4.13. The lowest BCUT2D eigenvalue weighted by Gasteiger charge is -2.16. The van der Waals surface area contributed by atoms with Crippen molar-refractivity contribution in [3.05, 3.63) is 0 Å². The zero-order valence-corrected chi connectivity index (χ0v) is 12.1. The highest BCUT2D eigenvalue weighted by Gasteiger charge is 2.28. The predicted molar refractivity (Wildman–Crippen MR) is 73.8 cm³/mol. The van der Waals surface area contributed by atoms with Crippen LogP contribution in [0.2, 0.25) is 0 Å². The lowest BCUT2D eigenvalue weighted by Crippen LogP contribution is -2.31. The molecule has 18 heavy (non-hydrogen) atoms. The first kappa shape index (κ1) is 13.8. The molecule has 1 aliphatic carbocycles. The van der Waals surface area contributed by atoms with Gasteiger partial charge >= 0.3 is 0 Å². The first-order chi connectivity index (χ1) is 8.85. The Morgan fingerprint density at radius 2 is 2.22 bits per heavy atom. The monoisotopic (exact) mass is 269 g/mol. The zero-order valence-electron chi connectivity index (χ0n) is 11.3. The van der Waals surface area contributed by atoms with E-state index in [1.165, 1.54) is 32.1 Å². The summed E-state index contributed by atoms with van der Waals surface area (Å²) in [6, 6.07) is 1.14. The van der Waals surface area contributed by atoms with Crippen molar-refractivity contribution in [2.45, 2.75) is 63.2 Å². The second-order valence-corrected chi connectivity index (χ2v) is 5.88. The number of nitrogens with zero attached hydrogens (tertiary/aromatic N) is 4. The van der Waals surface area contributed by atoms with Gasteiger partial charge in [0.1, 0.15) is 0 Å². The van der Waals surface area contributed by atoms with Gasteiger partial charge in [0, 0.05) is 11.8 Å². The van der Waals surface area contributed by atoms with Crippen LogP contribution in [0.25, 0.3) is 0 Å². The molecule has 5 nitrogen and oxygen atoms in total. The van der Waals surface area contributed by atoms with E-state index in [4.69, 9.17) is 0 Å². The van der Waals surface area contributed by atoms with E-state index < -0.39 is 0 Å². The summed E-state index contributed by atoms with van der Waals surface area (Å²) in [7, 11) is 0. The summed E-state index contributed by atoms with van der Waals surface area (Å²) in [5, 5.41) is 16.6. The number of hydrogen-bond acceptors (Lipinski definition) is 5. The van der Waals surface area contributed by atoms with Gasteiger partial charge in [0.2, 0.25) is 5.16 Å². The molecule has 6 heteroatoms. The lowest BCUT2D eigenvalue weighted by molar-refractivity contribution is 0.512. The molecule has 1 unspecified atom stereocenters. The zero-order chi connectivity index (χ0) is 12.8. The summed E-state index contributed by atoms with van der Waals surface area (Å²) in [5.74, 6) is 1.06. The van der Waals surface area contributed by atoms with Crippen LogP contribution in [0.1, 0.15) is 52.0 Å². The summed E-state index contributed by atoms with van der Waals surface area (Å²) in [5.41, 5.74) is 0. The molecule has 0 radical (unpaired) electrons. The molecule has 0 aliphatic heterocycles. The Morgan fingerprint density at radius 1 is 1.39 bits per heavy atom. The van der Waals surface area contributed by atoms with E-state index in [1.54, 1.807) is 11.8 Å². The Kier molecular flexibility index (Phi) is 5.44. The van der Waals surface area contributed by atoms with Crippen LogP contribution in [0.3, 0.4) is 0 Å². The molecule has 102 valence electrons. The third-order valence-corrected chi connectivity index (χ3v) is 4.19. The van der Waals surface area contributed by atoms with E-state index in [2.05, 4.69) is 34.7 Å². The van der Waals surface area contributed by atoms with Crippen LogP contribution in [0.15, 0.2) is 5.16 Å². The molecule has 1 fully saturated rings. The van der Waals surface area contributed by atoms with Crippen LogP contribution in [0.5, 0.6) is 0 Å². The maximum atomic E-state index is 4.13. The molecular formula is C12H23N5S. The van der Waals surface area contributed by atoms with Crippen molar-refractivity contribution >= 4 is 11.8 Å². The normalized spacial score (nSPS) is 17.0. The first-order valence-corrected chi connectivity index (χ1v) is 7.97. The highest BCUT2D eigenvalue weighted by molar-refractivity contribution is 7.99. The molecule has 1 aromatic heterocycles. The van der Waals surface area contributed by atoms with E-state index >= 15 is 0 Å². The fourth-order valence-electron chi connectivity index (χ4n) is 1.95. The molecule has 1 heterocycles. The molecule has 0 aromatic carbocycles. The van der Waals surface area contributed by atoms with Crippen molar-refractivity contribution in [2.75, 3.05) is 12.3 Å². The molecule has 2 rings (SSSR count). The quantitative estimate of drug-likeness (QED) is 0.697. The van der Waals surface area contributed by atoms with Crippen molar-refractivity contribution in [3.63, 3.8) is 0 Å². The van der Waals surface area contributed by atoms with Gasteiger partial charge in [-0.1, -0.05) is 32.0 Å². The molecule has 1 N–H and O–H groups in total. The summed E-state index contributed by atoms with van der Waals surface area (Å²) in [4.78, 5) is 0. The molecule has 1 atom stereocenters. The van der Waals surface area contributed by atoms with Crippen LogP contribution < -0.4 is 5.32 Å². The highest BCUT2D eigenvalue weighted by Crippen LogP contribution is 2.36. The highest BCUT2D eigenvalue weighted by atomic mass is 32.2. The van der Waals surface area contributed by atoms with Gasteiger partial charge in [0.15, 0.2) is 0 Å². The Labute approximate surface area is 113 Å². The van der Waals surface area contributed by atoms with Crippen molar-refractivity contribution < 1.29 is 0 Å². The topological polar surface area (TPSA) is 55.6 Å². The van der Waals surface area contributed by atoms with Crippen LogP contribution in [-0.4, -0.2) is 38.5 Å². The number of rotatable bonds is 9. The fraction of sp³-hybridized carbons (Fsp3) is 0.917. The van der Waals surface area contributed by atoms with Crippen molar-refractivity contribution in [1.82, 2.24) is 25.5 Å². The standard InChI is InChI=1S/C12H23N5S/c1-3-5-10(13-8-4-2)9-18-12-14-15-16-17(12)11-6-7-11/h10-11,13H,3-9H2,1-2H3. The van der Waals surface area contributed by atoms with E-state index in [1.807, 2.05) is 4.68 Å². The van der Waals surface area contributed by atoms with Gasteiger partial charge in [0.25, 0.3) is 0 Å². The smallest absolute Gasteiger partial charge is 0.209 e. The van der Waals surface area contributed by atoms with Crippen LogP contribution in [0, 0.1) is 0 Å². The Balaban J connectivity index is 1.81. The van der Waals surface area contributed by atoms with Crippen molar-refractivity contribution in [3.8, 4) is 0 Å². The third-order valence-electron chi connectivity index (χ3n) is 3.09. The van der Waals surface area contributed by atoms with Gasteiger partial charge in [-0.3, -0.25) is 0 Å². The van der Waals surface area contributed by atoms with E-state index in [-0.39, 0.29) is 0 Å². The summed E-state index contributed by atoms with van der Waals surface area (Å²) < 4.78 is 1.99. The second kappa shape index (κ2) is 7.09. The van der Waals surface area contributed by atoms with Crippen LogP contribution in [0.4, 0.5) is 0 Å². The average molecular weight is 269 g/mol. The summed E-state index contributed by atoms with van der Waals surface area (Å²) in [6.07, 6.45) is 6.08. The Hall–Kier alpha value is -0.620. The van der Waals surface area contributed by atoms with Gasteiger partial charge in [-0.15, -0.1) is 5.10 Å². The molecule has 0 amide bonds. The van der Waals surface area contributed by atoms with E-state index in [0.29, 0.717) is 12.1 Å². The summed E-state index contributed by atoms with van der Waals surface area (Å²) in [6.45, 7) is 5.54. The lowest BCUT2D eigenvalue weighted by atomic mass is 10.2. The first-order valence-electron chi connectivity index (χ1n) is 6.99. The Morgan fingerprint density at radius 3 is 2.89 bits per heavy atom. The SMILES string of the molecule is CCCNC(CCC)CSc1nnnn1C1CC1. The number of tetrazole rings is 1. The molecule has 0 saturated heterocycles. The second-order valence-electron chi connectivity index (χ2n) is 4.89. The van der Waals surface area contributed by atoms with Crippen LogP contribution >= 0.6 is 11.8 Å². The predicted octanol–water partition coefficient (Wildman–Crippen LogP) is 2.27. The molecule has 1 aromatic rings. The van der Waals surface area contributed by atoms with Gasteiger partial charge in [-0.2, -0.15) is 0 Å². The molecule has 1 aliphatic rings. The van der Waals surface area contributed by atoms with Crippen molar-refractivity contribution in [2.24, 2.45) is 0 Å². The van der Waals surface area contributed by atoms with E-state index in [0.717, 1.165) is 17.5 Å². The van der Waals surface area contributed by atoms with Gasteiger partial charge in [-0.25, -0.2) is 4.68 Å². The Bertz CT molecular complexity index is 350. The van der Waals surface area contributed by atoms with E-state index in [9.17, 15) is 0 Å². The van der Waals surface area contributed by atoms with Gasteiger partial charge < -0.3 is 5.32 Å². The van der Waals surface area contributed by atoms with Gasteiger partial charge in [-0.05, 0) is 42.7 Å². The van der Waals surface area contributed by atoms with Gasteiger partial charge in [0.05, 0.1) is 6.04 Å². The minimum absolute atomic E-state index is 0.565. The number of nitrogens with one attached hydrogen (secondary N) is 1. The largest absolute Gasteiger partial charge is 0.313 e. The molecular weight excluding hydrogens is 246 g/mol. The number of aromatic nitrogens is 4. The van der Waals surface area contributed by atoms with Crippen molar-refractivity contribution in [1.29, 1.82) is 0 Å². The average Bonchev–Trinajstić information content (AvgIpc) is 3.12. The fourth-order valence-corrected chi connectivity index (χ4v) is 2.99.